The van der Waals surface area contributed by atoms with Crippen molar-refractivity contribution < 1.29 is 4.79 Å². The van der Waals surface area contributed by atoms with Gasteiger partial charge in [-0.3, -0.25) is 10.1 Å². The molecule has 1 rings (SSSR count). The van der Waals surface area contributed by atoms with Gasteiger partial charge in [0.2, 0.25) is 5.91 Å². The van der Waals surface area contributed by atoms with Crippen molar-refractivity contribution in [1.82, 2.24) is 15.3 Å². The van der Waals surface area contributed by atoms with E-state index in [1.54, 1.807) is 0 Å². The van der Waals surface area contributed by atoms with Gasteiger partial charge in [-0.15, -0.1) is 6.42 Å². The standard InChI is InChI=1S/C9H8Br2N4O/c1-2-3-12-5-7(16)15-9-8(11)14-6(10)4-13-9/h1,4,12H,3,5H2,(H,13,15,16). The number of rotatable bonds is 4. The van der Waals surface area contributed by atoms with Crippen LogP contribution in [-0.4, -0.2) is 29.0 Å². The Hall–Kier alpha value is -0.970. The fourth-order valence-electron chi connectivity index (χ4n) is 0.855. The molecule has 5 nitrogen and oxygen atoms in total. The fourth-order valence-corrected chi connectivity index (χ4v) is 1.77. The van der Waals surface area contributed by atoms with Crippen molar-refractivity contribution in [3.8, 4) is 12.3 Å². The van der Waals surface area contributed by atoms with Crippen LogP contribution in [-0.2, 0) is 4.79 Å². The third-order valence-corrected chi connectivity index (χ3v) is 2.41. The summed E-state index contributed by atoms with van der Waals surface area (Å²) in [5, 5.41) is 5.35. The minimum atomic E-state index is -0.229. The summed E-state index contributed by atoms with van der Waals surface area (Å²) < 4.78 is 1.05. The molecule has 7 heteroatoms. The molecule has 0 aliphatic carbocycles. The van der Waals surface area contributed by atoms with Gasteiger partial charge in [-0.2, -0.15) is 0 Å². The van der Waals surface area contributed by atoms with Crippen LogP contribution in [0.15, 0.2) is 15.4 Å². The summed E-state index contributed by atoms with van der Waals surface area (Å²) in [6, 6.07) is 0. The van der Waals surface area contributed by atoms with Gasteiger partial charge in [0.15, 0.2) is 5.82 Å². The molecular weight excluding hydrogens is 340 g/mol. The summed E-state index contributed by atoms with van der Waals surface area (Å²) in [5.74, 6) is 2.51. The van der Waals surface area contributed by atoms with E-state index in [1.807, 2.05) is 0 Å². The Morgan fingerprint density at radius 2 is 2.31 bits per heavy atom. The van der Waals surface area contributed by atoms with Crippen molar-refractivity contribution in [3.05, 3.63) is 15.4 Å². The number of aromatic nitrogens is 2. The van der Waals surface area contributed by atoms with Crippen molar-refractivity contribution in [1.29, 1.82) is 0 Å². The number of hydrogen-bond acceptors (Lipinski definition) is 4. The normalized spacial score (nSPS) is 9.56. The van der Waals surface area contributed by atoms with Crippen molar-refractivity contribution >= 4 is 43.6 Å². The number of nitrogens with one attached hydrogen (secondary N) is 2. The molecule has 1 heterocycles. The zero-order valence-corrected chi connectivity index (χ0v) is 11.3. The maximum Gasteiger partial charge on any atom is 0.239 e. The largest absolute Gasteiger partial charge is 0.307 e. The molecule has 84 valence electrons. The van der Waals surface area contributed by atoms with E-state index in [1.165, 1.54) is 6.20 Å². The number of hydrogen-bond donors (Lipinski definition) is 2. The summed E-state index contributed by atoms with van der Waals surface area (Å²) in [6.07, 6.45) is 6.52. The van der Waals surface area contributed by atoms with E-state index in [9.17, 15) is 4.79 Å². The number of carbonyl (C=O) groups excluding carboxylic acids is 1. The highest BCUT2D eigenvalue weighted by atomic mass is 79.9. The summed E-state index contributed by atoms with van der Waals surface area (Å²) in [6.45, 7) is 0.481. The van der Waals surface area contributed by atoms with Crippen molar-refractivity contribution in [3.63, 3.8) is 0 Å². The maximum atomic E-state index is 11.4. The monoisotopic (exact) mass is 346 g/mol. The predicted octanol–water partition coefficient (Wildman–Crippen LogP) is 1.16. The molecule has 2 N–H and O–H groups in total. The van der Waals surface area contributed by atoms with Gasteiger partial charge in [-0.1, -0.05) is 5.92 Å². The van der Waals surface area contributed by atoms with Gasteiger partial charge < -0.3 is 5.32 Å². The molecule has 0 spiro atoms. The summed E-state index contributed by atoms with van der Waals surface area (Å²) in [4.78, 5) is 19.4. The highest BCUT2D eigenvalue weighted by Crippen LogP contribution is 2.18. The molecule has 0 fully saturated rings. The van der Waals surface area contributed by atoms with Crippen LogP contribution in [0.4, 0.5) is 5.82 Å². The average Bonchev–Trinajstić information content (AvgIpc) is 2.23. The van der Waals surface area contributed by atoms with Gasteiger partial charge >= 0.3 is 0 Å². The third-order valence-electron chi connectivity index (χ3n) is 1.47. The Morgan fingerprint density at radius 3 is 2.94 bits per heavy atom. The number of carbonyl (C=O) groups is 1. The number of terminal acetylenes is 1. The summed E-state index contributed by atoms with van der Waals surface area (Å²) in [5.41, 5.74) is 0. The molecule has 0 aliphatic heterocycles. The van der Waals surface area contributed by atoms with Crippen molar-refractivity contribution in [2.75, 3.05) is 18.4 Å². The zero-order chi connectivity index (χ0) is 12.0. The molecule has 0 unspecified atom stereocenters. The first-order valence-corrected chi connectivity index (χ1v) is 5.84. The lowest BCUT2D eigenvalue weighted by atomic mass is 10.5. The first-order chi connectivity index (χ1) is 7.63. The van der Waals surface area contributed by atoms with Crippen LogP contribution >= 0.6 is 31.9 Å². The van der Waals surface area contributed by atoms with E-state index >= 15 is 0 Å². The number of nitrogens with zero attached hydrogens (tertiary/aromatic N) is 2. The predicted molar refractivity (Wildman–Crippen MR) is 67.8 cm³/mol. The van der Waals surface area contributed by atoms with E-state index in [0.29, 0.717) is 21.6 Å². The molecule has 0 saturated carbocycles. The van der Waals surface area contributed by atoms with Crippen molar-refractivity contribution in [2.45, 2.75) is 0 Å². The van der Waals surface area contributed by atoms with Gasteiger partial charge in [-0.05, 0) is 31.9 Å². The molecule has 0 aliphatic rings. The number of anilines is 1. The lowest BCUT2D eigenvalue weighted by Gasteiger charge is -2.05. The van der Waals surface area contributed by atoms with Gasteiger partial charge in [0, 0.05) is 0 Å². The van der Waals surface area contributed by atoms with Gasteiger partial charge in [0.05, 0.1) is 19.3 Å². The molecule has 0 radical (unpaired) electrons. The van der Waals surface area contributed by atoms with Crippen LogP contribution in [0.3, 0.4) is 0 Å². The Bertz CT molecular complexity index is 430. The summed E-state index contributed by atoms with van der Waals surface area (Å²) >= 11 is 6.35. The minimum Gasteiger partial charge on any atom is -0.307 e. The van der Waals surface area contributed by atoms with Crippen molar-refractivity contribution in [2.24, 2.45) is 0 Å². The Kier molecular flexibility index (Phi) is 5.38. The second kappa shape index (κ2) is 6.58. The lowest BCUT2D eigenvalue weighted by Crippen LogP contribution is -2.28. The zero-order valence-electron chi connectivity index (χ0n) is 8.13. The fraction of sp³-hybridized carbons (Fsp3) is 0.222. The Balaban J connectivity index is 2.53. The number of halogens is 2. The second-order valence-corrected chi connectivity index (χ2v) is 4.25. The van der Waals surface area contributed by atoms with E-state index in [2.05, 4.69) is 58.4 Å². The average molecular weight is 348 g/mol. The molecule has 1 aromatic rings. The third kappa shape index (κ3) is 4.26. The van der Waals surface area contributed by atoms with Gasteiger partial charge in [-0.25, -0.2) is 9.97 Å². The lowest BCUT2D eigenvalue weighted by molar-refractivity contribution is -0.115. The van der Waals surface area contributed by atoms with Gasteiger partial charge in [0.1, 0.15) is 9.21 Å². The molecule has 0 atom stereocenters. The first kappa shape index (κ1) is 13.1. The van der Waals surface area contributed by atoms with Crippen LogP contribution < -0.4 is 10.6 Å². The Labute approximate surface area is 110 Å². The maximum absolute atomic E-state index is 11.4. The van der Waals surface area contributed by atoms with E-state index < -0.39 is 0 Å². The molecular formula is C9H8Br2N4O. The molecule has 0 saturated heterocycles. The second-order valence-electron chi connectivity index (χ2n) is 2.69. The van der Waals surface area contributed by atoms with Crippen LogP contribution in [0.5, 0.6) is 0 Å². The topological polar surface area (TPSA) is 66.9 Å². The minimum absolute atomic E-state index is 0.133. The SMILES string of the molecule is C#CCNCC(=O)Nc1ncc(Br)nc1Br. The van der Waals surface area contributed by atoms with Crippen LogP contribution in [0.1, 0.15) is 0 Å². The summed E-state index contributed by atoms with van der Waals surface area (Å²) in [7, 11) is 0. The van der Waals surface area contributed by atoms with Crippen LogP contribution in [0.25, 0.3) is 0 Å². The van der Waals surface area contributed by atoms with E-state index in [0.717, 1.165) is 0 Å². The molecule has 1 aromatic heterocycles. The smallest absolute Gasteiger partial charge is 0.239 e. The number of amides is 1. The molecule has 1 amide bonds. The highest BCUT2D eigenvalue weighted by Gasteiger charge is 2.07. The molecule has 0 aromatic carbocycles. The van der Waals surface area contributed by atoms with Crippen LogP contribution in [0, 0.1) is 12.3 Å². The van der Waals surface area contributed by atoms with Crippen LogP contribution in [0.2, 0.25) is 0 Å². The molecule has 16 heavy (non-hydrogen) atoms. The highest BCUT2D eigenvalue weighted by molar-refractivity contribution is 9.11. The quantitative estimate of drug-likeness (QED) is 0.633. The van der Waals surface area contributed by atoms with Gasteiger partial charge in [0.25, 0.3) is 0 Å². The van der Waals surface area contributed by atoms with E-state index in [4.69, 9.17) is 6.42 Å². The first-order valence-electron chi connectivity index (χ1n) is 4.25. The van der Waals surface area contributed by atoms with E-state index in [-0.39, 0.29) is 12.5 Å². The molecule has 0 bridgehead atoms. The Morgan fingerprint density at radius 1 is 1.56 bits per heavy atom.